The van der Waals surface area contributed by atoms with E-state index in [0.717, 1.165) is 33.2 Å². The number of benzene rings is 3. The Morgan fingerprint density at radius 2 is 1.75 bits per heavy atom. The van der Waals surface area contributed by atoms with Crippen LogP contribution < -0.4 is 11.1 Å². The highest BCUT2D eigenvalue weighted by Crippen LogP contribution is 2.30. The number of rotatable bonds is 4. The maximum atomic E-state index is 12.2. The number of hydrogen-bond donors (Lipinski definition) is 2. The number of nitrogens with one attached hydrogen (secondary N) is 1. The lowest BCUT2D eigenvalue weighted by Gasteiger charge is -2.11. The first-order valence-corrected chi connectivity index (χ1v) is 9.74. The minimum Gasteiger partial charge on any atom is -0.366 e. The maximum Gasteiger partial charge on any atom is 0.256 e. The Morgan fingerprint density at radius 1 is 0.964 bits per heavy atom. The molecule has 0 aliphatic heterocycles. The van der Waals surface area contributed by atoms with Crippen LogP contribution in [0.4, 0.5) is 5.69 Å². The fourth-order valence-electron chi connectivity index (χ4n) is 3.30. The van der Waals surface area contributed by atoms with Gasteiger partial charge in [-0.1, -0.05) is 30.3 Å². The summed E-state index contributed by atoms with van der Waals surface area (Å²) in [5, 5.41) is 8.71. The fourth-order valence-corrected chi connectivity index (χ4v) is 3.94. The van der Waals surface area contributed by atoms with Crippen molar-refractivity contribution in [2.75, 3.05) is 5.32 Å². The Balaban J connectivity index is 1.67. The average Bonchev–Trinajstić information content (AvgIpc) is 3.22. The van der Waals surface area contributed by atoms with Crippen LogP contribution in [0.1, 0.15) is 26.3 Å². The number of thiophene rings is 1. The van der Waals surface area contributed by atoms with Gasteiger partial charge in [-0.15, -0.1) is 0 Å². The predicted octanol–water partition coefficient (Wildman–Crippen LogP) is 5.23. The molecule has 0 aliphatic rings. The van der Waals surface area contributed by atoms with Crippen molar-refractivity contribution in [1.29, 1.82) is 0 Å². The zero-order valence-electron chi connectivity index (χ0n) is 15.2. The Bertz CT molecular complexity index is 1200. The molecule has 0 saturated heterocycles. The summed E-state index contributed by atoms with van der Waals surface area (Å²) in [6.45, 7) is 1.91. The van der Waals surface area contributed by atoms with E-state index in [1.165, 1.54) is 11.3 Å². The molecule has 0 saturated carbocycles. The van der Waals surface area contributed by atoms with Gasteiger partial charge in [-0.3, -0.25) is 9.59 Å². The molecule has 0 spiro atoms. The summed E-state index contributed by atoms with van der Waals surface area (Å²) >= 11 is 1.49. The first kappa shape index (κ1) is 17.9. The van der Waals surface area contributed by atoms with E-state index in [0.29, 0.717) is 11.1 Å². The van der Waals surface area contributed by atoms with Gasteiger partial charge in [0.25, 0.3) is 5.91 Å². The molecule has 3 aromatic carbocycles. The van der Waals surface area contributed by atoms with Crippen molar-refractivity contribution in [2.45, 2.75) is 6.92 Å². The van der Waals surface area contributed by atoms with Crippen molar-refractivity contribution in [2.24, 2.45) is 5.73 Å². The van der Waals surface area contributed by atoms with Gasteiger partial charge in [0.05, 0.1) is 5.56 Å². The zero-order valence-corrected chi connectivity index (χ0v) is 16.0. The molecule has 5 heteroatoms. The summed E-state index contributed by atoms with van der Waals surface area (Å²) in [7, 11) is 0. The molecule has 4 nitrogen and oxygen atoms in total. The smallest absolute Gasteiger partial charge is 0.256 e. The van der Waals surface area contributed by atoms with E-state index in [1.54, 1.807) is 12.1 Å². The number of nitrogens with two attached hydrogens (primary N) is 1. The first-order valence-electron chi connectivity index (χ1n) is 8.80. The third-order valence-electron chi connectivity index (χ3n) is 4.79. The summed E-state index contributed by atoms with van der Waals surface area (Å²) in [4.78, 5) is 23.8. The van der Waals surface area contributed by atoms with Gasteiger partial charge >= 0.3 is 0 Å². The molecule has 2 amide bonds. The second kappa shape index (κ2) is 7.29. The number of carbonyl (C=O) groups is 2. The lowest BCUT2D eigenvalue weighted by Crippen LogP contribution is -2.12. The molecule has 0 bridgehead atoms. The Hall–Kier alpha value is -3.44. The molecule has 4 rings (SSSR count). The van der Waals surface area contributed by atoms with Gasteiger partial charge in [0.15, 0.2) is 0 Å². The van der Waals surface area contributed by atoms with Crippen LogP contribution in [0.2, 0.25) is 0 Å². The molecule has 138 valence electrons. The van der Waals surface area contributed by atoms with Crippen molar-refractivity contribution in [3.63, 3.8) is 0 Å². The number of primary amides is 1. The Labute approximate surface area is 166 Å². The van der Waals surface area contributed by atoms with Crippen LogP contribution in [-0.4, -0.2) is 11.8 Å². The highest BCUT2D eigenvalue weighted by molar-refractivity contribution is 7.08. The highest BCUT2D eigenvalue weighted by atomic mass is 32.1. The third kappa shape index (κ3) is 3.40. The number of amides is 2. The molecular weight excluding hydrogens is 368 g/mol. The number of fused-ring (bicyclic) bond motifs is 1. The molecule has 28 heavy (non-hydrogen) atoms. The van der Waals surface area contributed by atoms with Gasteiger partial charge in [0.2, 0.25) is 5.91 Å². The standard InChI is InChI=1S/C23H18N2O2S/c1-14-20(3-2-4-21(14)22(24)26)17-6-5-16-12-19(8-7-15(16)11-17)25-23(27)18-9-10-28-13-18/h2-13H,1H3,(H2,24,26)(H,25,27). The van der Waals surface area contributed by atoms with Crippen LogP contribution in [0.25, 0.3) is 21.9 Å². The van der Waals surface area contributed by atoms with E-state index >= 15 is 0 Å². The molecule has 0 aliphatic carbocycles. The average molecular weight is 386 g/mol. The van der Waals surface area contributed by atoms with Crippen LogP contribution in [0.5, 0.6) is 0 Å². The molecule has 1 heterocycles. The summed E-state index contributed by atoms with van der Waals surface area (Å²) in [5.41, 5.74) is 10.3. The SMILES string of the molecule is Cc1c(C(N)=O)cccc1-c1ccc2cc(NC(=O)c3ccsc3)ccc2c1. The topological polar surface area (TPSA) is 72.2 Å². The van der Waals surface area contributed by atoms with Crippen LogP contribution in [0.15, 0.2) is 71.4 Å². The quantitative estimate of drug-likeness (QED) is 0.504. The van der Waals surface area contributed by atoms with Crippen LogP contribution in [-0.2, 0) is 0 Å². The van der Waals surface area contributed by atoms with Crippen molar-refractivity contribution in [1.82, 2.24) is 0 Å². The van der Waals surface area contributed by atoms with Crippen molar-refractivity contribution >= 4 is 39.6 Å². The number of hydrogen-bond acceptors (Lipinski definition) is 3. The third-order valence-corrected chi connectivity index (χ3v) is 5.47. The Morgan fingerprint density at radius 3 is 2.50 bits per heavy atom. The molecule has 1 aromatic heterocycles. The maximum absolute atomic E-state index is 12.2. The van der Waals surface area contributed by atoms with Gasteiger partial charge in [0.1, 0.15) is 0 Å². The van der Waals surface area contributed by atoms with Gasteiger partial charge in [0, 0.05) is 16.6 Å². The summed E-state index contributed by atoms with van der Waals surface area (Å²) < 4.78 is 0. The Kier molecular flexibility index (Phi) is 4.67. The summed E-state index contributed by atoms with van der Waals surface area (Å²) in [6, 6.07) is 19.3. The largest absolute Gasteiger partial charge is 0.366 e. The highest BCUT2D eigenvalue weighted by Gasteiger charge is 2.11. The zero-order chi connectivity index (χ0) is 19.7. The van der Waals surface area contributed by atoms with Gasteiger partial charge in [-0.05, 0) is 70.1 Å². The normalized spacial score (nSPS) is 10.8. The molecule has 3 N–H and O–H groups in total. The van der Waals surface area contributed by atoms with Gasteiger partial charge < -0.3 is 11.1 Å². The fraction of sp³-hybridized carbons (Fsp3) is 0.0435. The van der Waals surface area contributed by atoms with Gasteiger partial charge in [-0.25, -0.2) is 0 Å². The molecule has 0 atom stereocenters. The predicted molar refractivity (Wildman–Crippen MR) is 115 cm³/mol. The van der Waals surface area contributed by atoms with E-state index in [-0.39, 0.29) is 5.91 Å². The number of carbonyl (C=O) groups excluding carboxylic acids is 2. The van der Waals surface area contributed by atoms with E-state index in [1.807, 2.05) is 60.1 Å². The molecule has 0 radical (unpaired) electrons. The van der Waals surface area contributed by atoms with Crippen molar-refractivity contribution in [3.8, 4) is 11.1 Å². The second-order valence-electron chi connectivity index (χ2n) is 6.59. The van der Waals surface area contributed by atoms with E-state index < -0.39 is 5.91 Å². The lowest BCUT2D eigenvalue weighted by atomic mass is 9.94. The van der Waals surface area contributed by atoms with E-state index in [2.05, 4.69) is 11.4 Å². The second-order valence-corrected chi connectivity index (χ2v) is 7.37. The lowest BCUT2D eigenvalue weighted by molar-refractivity contribution is 0.0997. The van der Waals surface area contributed by atoms with E-state index in [9.17, 15) is 9.59 Å². The van der Waals surface area contributed by atoms with Crippen LogP contribution in [0.3, 0.4) is 0 Å². The molecular formula is C23H18N2O2S. The monoisotopic (exact) mass is 386 g/mol. The minimum absolute atomic E-state index is 0.115. The minimum atomic E-state index is -0.425. The summed E-state index contributed by atoms with van der Waals surface area (Å²) in [6.07, 6.45) is 0. The van der Waals surface area contributed by atoms with E-state index in [4.69, 9.17) is 5.73 Å². The molecule has 0 fully saturated rings. The van der Waals surface area contributed by atoms with Crippen molar-refractivity contribution in [3.05, 3.63) is 88.1 Å². The summed E-state index contributed by atoms with van der Waals surface area (Å²) in [5.74, 6) is -0.540. The van der Waals surface area contributed by atoms with Crippen molar-refractivity contribution < 1.29 is 9.59 Å². The number of anilines is 1. The molecule has 0 unspecified atom stereocenters. The van der Waals surface area contributed by atoms with Gasteiger partial charge in [-0.2, -0.15) is 11.3 Å². The van der Waals surface area contributed by atoms with Crippen LogP contribution in [0, 0.1) is 6.92 Å². The molecule has 4 aromatic rings. The van der Waals surface area contributed by atoms with Crippen LogP contribution >= 0.6 is 11.3 Å². The first-order chi connectivity index (χ1) is 13.5.